The van der Waals surface area contributed by atoms with E-state index in [9.17, 15) is 22.8 Å². The molecule has 0 saturated carbocycles. The number of hydrogen-bond donors (Lipinski definition) is 1. The Bertz CT molecular complexity index is 1470. The normalized spacial score (nSPS) is 13.5. The maximum atomic E-state index is 14.3. The van der Waals surface area contributed by atoms with Crippen LogP contribution in [0.3, 0.4) is 0 Å². The van der Waals surface area contributed by atoms with E-state index in [0.717, 1.165) is 10.1 Å². The van der Waals surface area contributed by atoms with Gasteiger partial charge < -0.3 is 14.3 Å². The molecule has 4 rings (SSSR count). The molecular formula is C26H21ClF3NO5. The largest absolute Gasteiger partial charge is 0.482 e. The molecule has 1 aromatic heterocycles. The minimum atomic E-state index is -4.58. The average Bonchev–Trinajstić information content (AvgIpc) is 3.10. The van der Waals surface area contributed by atoms with Crippen LogP contribution in [0, 0.1) is 0 Å². The first-order valence-corrected chi connectivity index (χ1v) is 11.2. The molecule has 0 spiro atoms. The van der Waals surface area contributed by atoms with Gasteiger partial charge in [-0.15, -0.1) is 0 Å². The molecule has 188 valence electrons. The number of carboxylic acid groups (broad SMARTS) is 1. The SMILES string of the molecule is CC(c1ccc(-c2ccc(OCC(=O)O)cc2)cc1Cl)C(c1ccc2oc(=O)n(C)c2c1)C(F)(F)F. The zero-order valence-corrected chi connectivity index (χ0v) is 19.9. The van der Waals surface area contributed by atoms with E-state index in [1.54, 1.807) is 42.5 Å². The van der Waals surface area contributed by atoms with Crippen molar-refractivity contribution in [2.45, 2.75) is 24.9 Å². The fraction of sp³-hybridized carbons (Fsp3) is 0.231. The number of halogens is 4. The predicted octanol–water partition coefficient (Wildman–Crippen LogP) is 6.36. The first kappa shape index (κ1) is 25.4. The molecule has 2 atom stereocenters. The van der Waals surface area contributed by atoms with Crippen molar-refractivity contribution in [2.24, 2.45) is 7.05 Å². The highest BCUT2D eigenvalue weighted by atomic mass is 35.5. The lowest BCUT2D eigenvalue weighted by Crippen LogP contribution is -2.26. The number of aliphatic carboxylic acids is 1. The lowest BCUT2D eigenvalue weighted by Gasteiger charge is -2.28. The van der Waals surface area contributed by atoms with Crippen LogP contribution in [0.4, 0.5) is 13.2 Å². The molecule has 0 bridgehead atoms. The van der Waals surface area contributed by atoms with Gasteiger partial charge in [0.05, 0.1) is 11.4 Å². The Labute approximate surface area is 208 Å². The maximum absolute atomic E-state index is 14.3. The highest BCUT2D eigenvalue weighted by Gasteiger charge is 2.45. The summed E-state index contributed by atoms with van der Waals surface area (Å²) in [5.74, 6) is -4.28. The second-order valence-corrected chi connectivity index (χ2v) is 8.81. The zero-order chi connectivity index (χ0) is 26.2. The van der Waals surface area contributed by atoms with Gasteiger partial charge in [-0.05, 0) is 58.5 Å². The Morgan fingerprint density at radius 3 is 2.36 bits per heavy atom. The van der Waals surface area contributed by atoms with Crippen molar-refractivity contribution in [3.05, 3.63) is 87.4 Å². The summed E-state index contributed by atoms with van der Waals surface area (Å²) in [6, 6.07) is 15.5. The molecule has 36 heavy (non-hydrogen) atoms. The molecule has 3 aromatic carbocycles. The van der Waals surface area contributed by atoms with Gasteiger partial charge in [0.25, 0.3) is 0 Å². The summed E-state index contributed by atoms with van der Waals surface area (Å²) >= 11 is 6.48. The molecule has 4 aromatic rings. The van der Waals surface area contributed by atoms with Gasteiger partial charge in [-0.25, -0.2) is 9.59 Å². The average molecular weight is 520 g/mol. The number of benzene rings is 3. The summed E-state index contributed by atoms with van der Waals surface area (Å²) in [5.41, 5.74) is 2.22. The van der Waals surface area contributed by atoms with Gasteiger partial charge in [0.2, 0.25) is 0 Å². The van der Waals surface area contributed by atoms with E-state index in [2.05, 4.69) is 0 Å². The molecule has 0 aliphatic rings. The van der Waals surface area contributed by atoms with Crippen molar-refractivity contribution in [3.8, 4) is 16.9 Å². The van der Waals surface area contributed by atoms with Crippen LogP contribution in [-0.2, 0) is 11.8 Å². The predicted molar refractivity (Wildman–Crippen MR) is 129 cm³/mol. The van der Waals surface area contributed by atoms with Crippen LogP contribution in [-0.4, -0.2) is 28.4 Å². The monoisotopic (exact) mass is 519 g/mol. The molecule has 0 radical (unpaired) electrons. The Morgan fingerprint density at radius 2 is 1.75 bits per heavy atom. The van der Waals surface area contributed by atoms with E-state index in [-0.39, 0.29) is 21.7 Å². The van der Waals surface area contributed by atoms with Crippen molar-refractivity contribution < 1.29 is 32.2 Å². The third-order valence-corrected chi connectivity index (χ3v) is 6.40. The highest BCUT2D eigenvalue weighted by Crippen LogP contribution is 2.47. The van der Waals surface area contributed by atoms with E-state index in [0.29, 0.717) is 16.9 Å². The number of nitrogens with zero attached hydrogens (tertiary/aromatic N) is 1. The fourth-order valence-electron chi connectivity index (χ4n) is 4.24. The third kappa shape index (κ3) is 5.11. The van der Waals surface area contributed by atoms with Gasteiger partial charge in [0, 0.05) is 12.1 Å². The van der Waals surface area contributed by atoms with Crippen LogP contribution in [0.15, 0.2) is 69.9 Å². The van der Waals surface area contributed by atoms with Crippen LogP contribution >= 0.6 is 11.6 Å². The van der Waals surface area contributed by atoms with E-state index in [1.807, 2.05) is 0 Å². The topological polar surface area (TPSA) is 81.7 Å². The molecular weight excluding hydrogens is 499 g/mol. The molecule has 10 heteroatoms. The summed E-state index contributed by atoms with van der Waals surface area (Å²) < 4.78 is 54.2. The van der Waals surface area contributed by atoms with Crippen molar-refractivity contribution in [2.75, 3.05) is 6.61 Å². The summed E-state index contributed by atoms with van der Waals surface area (Å²) in [4.78, 5) is 22.4. The van der Waals surface area contributed by atoms with Crippen molar-refractivity contribution in [3.63, 3.8) is 0 Å². The van der Waals surface area contributed by atoms with Gasteiger partial charge in [0.1, 0.15) is 5.75 Å². The highest BCUT2D eigenvalue weighted by molar-refractivity contribution is 6.31. The Kier molecular flexibility index (Phi) is 6.86. The first-order valence-electron chi connectivity index (χ1n) is 10.9. The first-order chi connectivity index (χ1) is 17.0. The van der Waals surface area contributed by atoms with Gasteiger partial charge >= 0.3 is 17.9 Å². The molecule has 0 amide bonds. The minimum absolute atomic E-state index is 0.00371. The molecule has 1 N–H and O–H groups in total. The van der Waals surface area contributed by atoms with Crippen LogP contribution in [0.5, 0.6) is 5.75 Å². The molecule has 1 heterocycles. The molecule has 2 unspecified atom stereocenters. The fourth-order valence-corrected chi connectivity index (χ4v) is 4.60. The number of aromatic nitrogens is 1. The van der Waals surface area contributed by atoms with Crippen LogP contribution in [0.25, 0.3) is 22.2 Å². The quantitative estimate of drug-likeness (QED) is 0.307. The third-order valence-electron chi connectivity index (χ3n) is 6.07. The second kappa shape index (κ2) is 9.73. The van der Waals surface area contributed by atoms with Gasteiger partial charge in [-0.1, -0.05) is 48.9 Å². The minimum Gasteiger partial charge on any atom is -0.482 e. The lowest BCUT2D eigenvalue weighted by molar-refractivity contribution is -0.154. The Hall–Kier alpha value is -3.72. The van der Waals surface area contributed by atoms with Gasteiger partial charge in [-0.2, -0.15) is 13.2 Å². The number of aryl methyl sites for hydroxylation is 1. The Morgan fingerprint density at radius 1 is 1.08 bits per heavy atom. The maximum Gasteiger partial charge on any atom is 0.419 e. The summed E-state index contributed by atoms with van der Waals surface area (Å²) in [7, 11) is 1.43. The number of alkyl halides is 3. The number of carboxylic acids is 1. The smallest absolute Gasteiger partial charge is 0.419 e. The number of carbonyl (C=O) groups is 1. The van der Waals surface area contributed by atoms with Crippen molar-refractivity contribution in [1.82, 2.24) is 4.57 Å². The van der Waals surface area contributed by atoms with E-state index in [4.69, 9.17) is 25.9 Å². The van der Waals surface area contributed by atoms with Gasteiger partial charge in [0.15, 0.2) is 12.2 Å². The number of fused-ring (bicyclic) bond motifs is 1. The van der Waals surface area contributed by atoms with E-state index in [1.165, 1.54) is 32.2 Å². The number of ether oxygens (including phenoxy) is 1. The summed E-state index contributed by atoms with van der Waals surface area (Å²) in [6.45, 7) is 0.994. The van der Waals surface area contributed by atoms with Gasteiger partial charge in [-0.3, -0.25) is 4.57 Å². The molecule has 6 nitrogen and oxygen atoms in total. The number of hydrogen-bond acceptors (Lipinski definition) is 4. The molecule has 0 aliphatic heterocycles. The Balaban J connectivity index is 1.65. The van der Waals surface area contributed by atoms with Crippen molar-refractivity contribution >= 4 is 28.7 Å². The van der Waals surface area contributed by atoms with Crippen LogP contribution in [0.2, 0.25) is 5.02 Å². The summed E-state index contributed by atoms with van der Waals surface area (Å²) in [6.07, 6.45) is -4.58. The summed E-state index contributed by atoms with van der Waals surface area (Å²) in [5, 5.41) is 8.88. The van der Waals surface area contributed by atoms with Crippen LogP contribution in [0.1, 0.15) is 29.9 Å². The van der Waals surface area contributed by atoms with E-state index >= 15 is 0 Å². The molecule has 0 aliphatic carbocycles. The standard InChI is InChI=1S/C26H21ClF3NO5/c1-14(24(26(28,29)30)17-6-10-22-21(12-17)31(2)25(34)36-22)19-9-5-16(11-20(19)27)15-3-7-18(8-4-15)35-13-23(32)33/h3-12,14,24H,13H2,1-2H3,(H,32,33). The molecule has 0 saturated heterocycles. The second-order valence-electron chi connectivity index (χ2n) is 8.41. The number of oxazole rings is 1. The molecule has 0 fully saturated rings. The zero-order valence-electron chi connectivity index (χ0n) is 19.2. The van der Waals surface area contributed by atoms with Crippen molar-refractivity contribution in [1.29, 1.82) is 0 Å². The van der Waals surface area contributed by atoms with E-state index < -0.39 is 36.3 Å². The lowest BCUT2D eigenvalue weighted by atomic mass is 9.81. The number of rotatable bonds is 7. The van der Waals surface area contributed by atoms with Crippen LogP contribution < -0.4 is 10.5 Å².